The summed E-state index contributed by atoms with van der Waals surface area (Å²) in [5.41, 5.74) is 2.00. The number of hydrogen-bond donors (Lipinski definition) is 2. The van der Waals surface area contributed by atoms with Gasteiger partial charge in [-0.05, 0) is 44.1 Å². The molecule has 128 valence electrons. The molecule has 0 aliphatic carbocycles. The maximum atomic E-state index is 12.2. The summed E-state index contributed by atoms with van der Waals surface area (Å²) in [5, 5.41) is 6.20. The Kier molecular flexibility index (Phi) is 8.02. The second-order valence-electron chi connectivity index (χ2n) is 5.45. The highest BCUT2D eigenvalue weighted by Gasteiger charge is 2.14. The largest absolute Gasteiger partial charge is 0.465 e. The average Bonchev–Trinajstić information content (AvgIpc) is 2.77. The molecule has 0 atom stereocenters. The van der Waals surface area contributed by atoms with Crippen LogP contribution in [0.5, 0.6) is 0 Å². The summed E-state index contributed by atoms with van der Waals surface area (Å²) < 4.78 is 4.70. The number of carbonyl (C=O) groups is 2. The molecule has 2 N–H and O–H groups in total. The van der Waals surface area contributed by atoms with Crippen molar-refractivity contribution in [2.75, 3.05) is 45.2 Å². The van der Waals surface area contributed by atoms with Crippen LogP contribution < -0.4 is 10.6 Å². The maximum absolute atomic E-state index is 12.2. The van der Waals surface area contributed by atoms with Gasteiger partial charge in [-0.1, -0.05) is 6.07 Å². The van der Waals surface area contributed by atoms with Gasteiger partial charge in [0.15, 0.2) is 0 Å². The van der Waals surface area contributed by atoms with Crippen molar-refractivity contribution in [1.29, 1.82) is 0 Å². The van der Waals surface area contributed by atoms with Crippen LogP contribution in [-0.4, -0.2) is 56.6 Å². The minimum Gasteiger partial charge on any atom is -0.465 e. The van der Waals surface area contributed by atoms with Crippen molar-refractivity contribution in [3.8, 4) is 0 Å². The molecule has 0 aromatic heterocycles. The van der Waals surface area contributed by atoms with Crippen LogP contribution in [-0.2, 0) is 9.53 Å². The highest BCUT2D eigenvalue weighted by atomic mass is 35.5. The fraction of sp³-hybridized carbons (Fsp3) is 0.500. The first-order chi connectivity index (χ1) is 10.6. The number of aryl methyl sites for hydroxylation is 1. The predicted molar refractivity (Wildman–Crippen MR) is 92.3 cm³/mol. The minimum absolute atomic E-state index is 0. The van der Waals surface area contributed by atoms with Crippen LogP contribution in [0.25, 0.3) is 0 Å². The summed E-state index contributed by atoms with van der Waals surface area (Å²) in [6.07, 6.45) is 1.05. The van der Waals surface area contributed by atoms with Crippen molar-refractivity contribution in [3.63, 3.8) is 0 Å². The lowest BCUT2D eigenvalue weighted by atomic mass is 10.1. The fourth-order valence-electron chi connectivity index (χ4n) is 2.45. The Labute approximate surface area is 143 Å². The quantitative estimate of drug-likeness (QED) is 0.811. The molecule has 1 saturated heterocycles. The fourth-order valence-corrected chi connectivity index (χ4v) is 2.45. The molecule has 1 aliphatic heterocycles. The summed E-state index contributed by atoms with van der Waals surface area (Å²) >= 11 is 0. The molecule has 1 aromatic carbocycles. The van der Waals surface area contributed by atoms with Gasteiger partial charge in [0.25, 0.3) is 0 Å². The standard InChI is InChI=1S/C16H23N3O3.ClH/c1-12-4-5-13(16(21)22-2)10-14(12)18-15(20)11-19-8-3-6-17-7-9-19;/h4-5,10,17H,3,6-9,11H2,1-2H3,(H,18,20);1H. The van der Waals surface area contributed by atoms with Crippen LogP contribution in [0.2, 0.25) is 0 Å². The van der Waals surface area contributed by atoms with E-state index in [4.69, 9.17) is 4.74 Å². The van der Waals surface area contributed by atoms with Gasteiger partial charge in [-0.2, -0.15) is 0 Å². The minimum atomic E-state index is -0.408. The Hall–Kier alpha value is -1.63. The molecule has 1 fully saturated rings. The molecule has 0 unspecified atom stereocenters. The number of nitrogens with zero attached hydrogens (tertiary/aromatic N) is 1. The lowest BCUT2D eigenvalue weighted by molar-refractivity contribution is -0.117. The summed E-state index contributed by atoms with van der Waals surface area (Å²) in [6.45, 7) is 5.95. The topological polar surface area (TPSA) is 70.7 Å². The molecule has 0 bridgehead atoms. The first kappa shape index (κ1) is 19.4. The van der Waals surface area contributed by atoms with E-state index in [1.165, 1.54) is 7.11 Å². The van der Waals surface area contributed by atoms with E-state index in [9.17, 15) is 9.59 Å². The molecule has 0 spiro atoms. The molecule has 1 heterocycles. The van der Waals surface area contributed by atoms with Crippen molar-refractivity contribution in [3.05, 3.63) is 29.3 Å². The van der Waals surface area contributed by atoms with Crippen LogP contribution >= 0.6 is 12.4 Å². The van der Waals surface area contributed by atoms with Gasteiger partial charge in [0, 0.05) is 18.8 Å². The van der Waals surface area contributed by atoms with Crippen molar-refractivity contribution in [1.82, 2.24) is 10.2 Å². The van der Waals surface area contributed by atoms with Crippen molar-refractivity contribution in [2.24, 2.45) is 0 Å². The summed E-state index contributed by atoms with van der Waals surface area (Å²) in [6, 6.07) is 5.15. The molecule has 1 aromatic rings. The number of anilines is 1. The Morgan fingerprint density at radius 1 is 1.30 bits per heavy atom. The third kappa shape index (κ3) is 5.82. The van der Waals surface area contributed by atoms with Gasteiger partial charge in [0.2, 0.25) is 5.91 Å². The zero-order valence-electron chi connectivity index (χ0n) is 13.6. The second-order valence-corrected chi connectivity index (χ2v) is 5.45. The van der Waals surface area contributed by atoms with E-state index >= 15 is 0 Å². The van der Waals surface area contributed by atoms with Crippen molar-refractivity contribution < 1.29 is 14.3 Å². The number of benzene rings is 1. The van der Waals surface area contributed by atoms with Gasteiger partial charge < -0.3 is 15.4 Å². The van der Waals surface area contributed by atoms with Gasteiger partial charge in [-0.3, -0.25) is 9.69 Å². The third-order valence-electron chi connectivity index (χ3n) is 3.73. The number of rotatable bonds is 4. The summed E-state index contributed by atoms with van der Waals surface area (Å²) in [7, 11) is 1.34. The predicted octanol–water partition coefficient (Wildman–Crippen LogP) is 1.44. The van der Waals surface area contributed by atoms with Gasteiger partial charge in [-0.25, -0.2) is 4.79 Å². The van der Waals surface area contributed by atoms with Crippen LogP contribution in [0.1, 0.15) is 22.3 Å². The van der Waals surface area contributed by atoms with Crippen LogP contribution in [0, 0.1) is 6.92 Å². The lowest BCUT2D eigenvalue weighted by Crippen LogP contribution is -2.35. The van der Waals surface area contributed by atoms with E-state index in [0.717, 1.165) is 38.2 Å². The maximum Gasteiger partial charge on any atom is 0.337 e. The van der Waals surface area contributed by atoms with Gasteiger partial charge >= 0.3 is 5.97 Å². The molecule has 0 radical (unpaired) electrons. The lowest BCUT2D eigenvalue weighted by Gasteiger charge is -2.19. The van der Waals surface area contributed by atoms with E-state index in [1.807, 2.05) is 6.92 Å². The van der Waals surface area contributed by atoms with Crippen molar-refractivity contribution in [2.45, 2.75) is 13.3 Å². The summed E-state index contributed by atoms with van der Waals surface area (Å²) in [4.78, 5) is 25.9. The highest BCUT2D eigenvalue weighted by molar-refractivity contribution is 5.96. The molecule has 0 saturated carbocycles. The van der Waals surface area contributed by atoms with E-state index in [0.29, 0.717) is 17.8 Å². The third-order valence-corrected chi connectivity index (χ3v) is 3.73. The Morgan fingerprint density at radius 2 is 2.09 bits per heavy atom. The average molecular weight is 342 g/mol. The number of ether oxygens (including phenoxy) is 1. The molecular weight excluding hydrogens is 318 g/mol. The van der Waals surface area contributed by atoms with Gasteiger partial charge in [-0.15, -0.1) is 12.4 Å². The van der Waals surface area contributed by atoms with Crippen LogP contribution in [0.4, 0.5) is 5.69 Å². The number of halogens is 1. The normalized spacial score (nSPS) is 15.2. The molecule has 7 heteroatoms. The Balaban J connectivity index is 0.00000264. The van der Waals surface area contributed by atoms with E-state index < -0.39 is 5.97 Å². The van der Waals surface area contributed by atoms with Gasteiger partial charge in [0.05, 0.1) is 19.2 Å². The zero-order chi connectivity index (χ0) is 15.9. The molecule has 6 nitrogen and oxygen atoms in total. The van der Waals surface area contributed by atoms with Crippen LogP contribution in [0.3, 0.4) is 0 Å². The molecule has 23 heavy (non-hydrogen) atoms. The molecule has 1 aliphatic rings. The van der Waals surface area contributed by atoms with Crippen LogP contribution in [0.15, 0.2) is 18.2 Å². The number of amides is 1. The van der Waals surface area contributed by atoms with Crippen molar-refractivity contribution >= 4 is 30.0 Å². The zero-order valence-corrected chi connectivity index (χ0v) is 14.4. The van der Waals surface area contributed by atoms with E-state index in [2.05, 4.69) is 15.5 Å². The first-order valence-electron chi connectivity index (χ1n) is 7.52. The molecule has 2 rings (SSSR count). The second kappa shape index (κ2) is 9.50. The molecular formula is C16H24ClN3O3. The van der Waals surface area contributed by atoms with E-state index in [1.54, 1.807) is 18.2 Å². The number of carbonyl (C=O) groups excluding carboxylic acids is 2. The Bertz CT molecular complexity index is 543. The first-order valence-corrected chi connectivity index (χ1v) is 7.52. The monoisotopic (exact) mass is 341 g/mol. The molecule has 1 amide bonds. The van der Waals surface area contributed by atoms with Gasteiger partial charge in [0.1, 0.15) is 0 Å². The number of nitrogens with one attached hydrogen (secondary N) is 2. The van der Waals surface area contributed by atoms with E-state index in [-0.39, 0.29) is 18.3 Å². The smallest absolute Gasteiger partial charge is 0.337 e. The number of methoxy groups -OCH3 is 1. The highest BCUT2D eigenvalue weighted by Crippen LogP contribution is 2.17. The number of hydrogen-bond acceptors (Lipinski definition) is 5. The summed E-state index contributed by atoms with van der Waals surface area (Å²) in [5.74, 6) is -0.471. The SMILES string of the molecule is COC(=O)c1ccc(C)c(NC(=O)CN2CCCNCC2)c1.Cl. The Morgan fingerprint density at radius 3 is 2.83 bits per heavy atom. The number of esters is 1.